The molecule has 0 aromatic rings. The first kappa shape index (κ1) is 35.9. The van der Waals surface area contributed by atoms with Gasteiger partial charge in [0.05, 0.1) is 11.8 Å². The third-order valence-corrected chi connectivity index (χ3v) is 4.86. The zero-order valence-electron chi connectivity index (χ0n) is 20.0. The fourth-order valence-corrected chi connectivity index (χ4v) is 1.55. The maximum atomic E-state index is 10.7. The lowest BCUT2D eigenvalue weighted by Crippen LogP contribution is -2.28. The zero-order valence-corrected chi connectivity index (χ0v) is 20.8. The van der Waals surface area contributed by atoms with Gasteiger partial charge in [-0.2, -0.15) is 0 Å². The number of aliphatic carboxylic acids is 2. The lowest BCUT2D eigenvalue weighted by atomic mass is 10.0. The second-order valence-electron chi connectivity index (χ2n) is 7.04. The van der Waals surface area contributed by atoms with E-state index in [9.17, 15) is 19.2 Å². The number of carbonyl (C=O) groups is 4. The number of carboxylic acids is 2. The van der Waals surface area contributed by atoms with E-state index in [1.165, 1.54) is 0 Å². The smallest absolute Gasteiger partial charge is 0.320 e. The van der Waals surface area contributed by atoms with Crippen LogP contribution in [-0.2, 0) is 19.2 Å². The van der Waals surface area contributed by atoms with Crippen LogP contribution in [0, 0.1) is 17.8 Å². The van der Waals surface area contributed by atoms with Gasteiger partial charge in [-0.25, -0.2) is 0 Å². The molecular weight excluding hydrogens is 410 g/mol. The first-order chi connectivity index (χ1) is 13.8. The Morgan fingerprint density at radius 2 is 1.07 bits per heavy atom. The van der Waals surface area contributed by atoms with E-state index in [0.717, 1.165) is 19.3 Å². The van der Waals surface area contributed by atoms with E-state index in [-0.39, 0.29) is 29.4 Å². The number of rotatable bonds is 10. The van der Waals surface area contributed by atoms with E-state index in [1.807, 2.05) is 41.5 Å². The molecule has 0 aliphatic carbocycles. The van der Waals surface area contributed by atoms with Crippen LogP contribution in [0.25, 0.3) is 0 Å². The molecule has 0 saturated carbocycles. The summed E-state index contributed by atoms with van der Waals surface area (Å²) in [6, 6.07) is -0.681. The summed E-state index contributed by atoms with van der Waals surface area (Å²) in [6.07, 6.45) is 3.78. The van der Waals surface area contributed by atoms with Crippen LogP contribution >= 0.6 is 11.6 Å². The van der Waals surface area contributed by atoms with Crippen molar-refractivity contribution in [3.05, 3.63) is 0 Å². The van der Waals surface area contributed by atoms with Gasteiger partial charge < -0.3 is 15.9 Å². The monoisotopic (exact) mass is 453 g/mol. The van der Waals surface area contributed by atoms with Crippen molar-refractivity contribution in [2.24, 2.45) is 23.5 Å². The molecule has 0 spiro atoms. The summed E-state index contributed by atoms with van der Waals surface area (Å²) in [7, 11) is 0. The van der Waals surface area contributed by atoms with Gasteiger partial charge in [-0.05, 0) is 25.7 Å². The third kappa shape index (κ3) is 24.6. The number of Topliss-reactive ketones (excluding diaryl/α,β-unsaturated/α-hetero) is 2. The summed E-state index contributed by atoms with van der Waals surface area (Å²) in [5.74, 6) is -0.700. The Balaban J connectivity index is -0.000000151. The highest BCUT2D eigenvalue weighted by molar-refractivity contribution is 6.27. The Morgan fingerprint density at radius 3 is 1.13 bits per heavy atom. The lowest BCUT2D eigenvalue weighted by molar-refractivity contribution is -0.141. The molecule has 180 valence electrons. The molecule has 0 aliphatic heterocycles. The summed E-state index contributed by atoms with van der Waals surface area (Å²) in [4.78, 5) is 41.1. The lowest BCUT2D eigenvalue weighted by Gasteiger charge is -2.02. The van der Waals surface area contributed by atoms with Crippen molar-refractivity contribution in [1.82, 2.24) is 0 Å². The van der Waals surface area contributed by atoms with Crippen molar-refractivity contribution in [3.8, 4) is 0 Å². The SMILES string of the molecule is CCC(=O)[C@@H](C)CC.CC[C@H](C)C(=O)CCl.CC[C@H](C)C(=O)O.CC[C@H](N)C(=O)O. The number of hydrogen-bond acceptors (Lipinski definition) is 5. The minimum absolute atomic E-state index is 0.146. The highest BCUT2D eigenvalue weighted by Gasteiger charge is 2.07. The maximum Gasteiger partial charge on any atom is 0.320 e. The van der Waals surface area contributed by atoms with Crippen LogP contribution < -0.4 is 5.73 Å². The van der Waals surface area contributed by atoms with Crippen LogP contribution in [0.15, 0.2) is 0 Å². The van der Waals surface area contributed by atoms with Crippen LogP contribution in [0.4, 0.5) is 0 Å². The Kier molecular flexibility index (Phi) is 28.5. The van der Waals surface area contributed by atoms with E-state index in [1.54, 1.807) is 13.8 Å². The zero-order chi connectivity index (χ0) is 24.9. The Bertz CT molecular complexity index is 429. The minimum atomic E-state index is -0.928. The molecule has 0 bridgehead atoms. The number of carbonyl (C=O) groups excluding carboxylic acids is 2. The molecule has 0 amide bonds. The highest BCUT2D eigenvalue weighted by atomic mass is 35.5. The molecule has 0 aliphatic rings. The van der Waals surface area contributed by atoms with Gasteiger partial charge in [0, 0.05) is 18.3 Å². The van der Waals surface area contributed by atoms with Crippen molar-refractivity contribution in [2.75, 3.05) is 5.88 Å². The van der Waals surface area contributed by atoms with Crippen LogP contribution in [0.5, 0.6) is 0 Å². The van der Waals surface area contributed by atoms with Gasteiger partial charge in [-0.3, -0.25) is 19.2 Å². The second-order valence-corrected chi connectivity index (χ2v) is 7.31. The molecule has 30 heavy (non-hydrogen) atoms. The van der Waals surface area contributed by atoms with E-state index >= 15 is 0 Å². The minimum Gasteiger partial charge on any atom is -0.481 e. The predicted molar refractivity (Wildman–Crippen MR) is 123 cm³/mol. The number of alkyl halides is 1. The number of ketones is 2. The molecule has 0 heterocycles. The fourth-order valence-electron chi connectivity index (χ4n) is 1.28. The number of halogens is 1. The van der Waals surface area contributed by atoms with E-state index in [0.29, 0.717) is 18.6 Å². The van der Waals surface area contributed by atoms with Gasteiger partial charge >= 0.3 is 11.9 Å². The normalized spacial score (nSPS) is 13.4. The first-order valence-electron chi connectivity index (χ1n) is 10.6. The van der Waals surface area contributed by atoms with Gasteiger partial charge in [0.1, 0.15) is 17.6 Å². The van der Waals surface area contributed by atoms with Crippen molar-refractivity contribution in [2.45, 2.75) is 93.5 Å². The fraction of sp³-hybridized carbons (Fsp3) is 0.818. The molecule has 7 nitrogen and oxygen atoms in total. The first-order valence-corrected chi connectivity index (χ1v) is 11.2. The molecule has 0 aromatic heterocycles. The summed E-state index contributed by atoms with van der Waals surface area (Å²) in [5, 5.41) is 16.2. The number of carboxylic acid groups (broad SMARTS) is 2. The number of hydrogen-bond donors (Lipinski definition) is 3. The Hall–Kier alpha value is -1.47. The van der Waals surface area contributed by atoms with Crippen molar-refractivity contribution in [1.29, 1.82) is 0 Å². The Morgan fingerprint density at radius 1 is 0.700 bits per heavy atom. The molecule has 8 heteroatoms. The van der Waals surface area contributed by atoms with Gasteiger partial charge in [-0.15, -0.1) is 11.6 Å². The van der Waals surface area contributed by atoms with E-state index in [4.69, 9.17) is 27.5 Å². The summed E-state index contributed by atoms with van der Waals surface area (Å²) >= 11 is 5.28. The standard InChI is InChI=1S/C7H14O.C6H11ClO.C5H10O2.C4H9NO2/c1-4-6(3)7(8)5-2;1-3-5(2)6(8)4-7;1-3-4(2)5(6)7;1-2-3(5)4(6)7/h6H,4-5H2,1-3H3;5H,3-4H2,1-2H3;4H,3H2,1-2H3,(H,6,7);3H,2,5H2,1H3,(H,6,7)/t6-;5-;4-;3-/m0000/s1. The van der Waals surface area contributed by atoms with Gasteiger partial charge in [0.15, 0.2) is 0 Å². The van der Waals surface area contributed by atoms with E-state index in [2.05, 4.69) is 0 Å². The molecule has 0 fully saturated rings. The van der Waals surface area contributed by atoms with Crippen LogP contribution in [-0.4, -0.2) is 45.6 Å². The summed E-state index contributed by atoms with van der Waals surface area (Å²) < 4.78 is 0. The molecule has 4 atom stereocenters. The van der Waals surface area contributed by atoms with Crippen LogP contribution in [0.3, 0.4) is 0 Å². The average molecular weight is 454 g/mol. The Labute approximate surface area is 187 Å². The van der Waals surface area contributed by atoms with Crippen LogP contribution in [0.2, 0.25) is 0 Å². The van der Waals surface area contributed by atoms with Gasteiger partial charge in [0.25, 0.3) is 0 Å². The molecule has 4 N–H and O–H groups in total. The van der Waals surface area contributed by atoms with Crippen LogP contribution in [0.1, 0.15) is 87.5 Å². The predicted octanol–water partition coefficient (Wildman–Crippen LogP) is 4.78. The quantitative estimate of drug-likeness (QED) is 0.405. The van der Waals surface area contributed by atoms with Gasteiger partial charge in [0.2, 0.25) is 0 Å². The molecule has 0 radical (unpaired) electrons. The molecular formula is C22H44ClNO6. The highest BCUT2D eigenvalue weighted by Crippen LogP contribution is 2.03. The summed E-state index contributed by atoms with van der Waals surface area (Å²) in [5.41, 5.74) is 5.02. The maximum absolute atomic E-state index is 10.7. The molecule has 0 rings (SSSR count). The largest absolute Gasteiger partial charge is 0.481 e. The average Bonchev–Trinajstić information content (AvgIpc) is 2.76. The van der Waals surface area contributed by atoms with Crippen molar-refractivity contribution < 1.29 is 29.4 Å². The molecule has 0 unspecified atom stereocenters. The third-order valence-electron chi connectivity index (χ3n) is 4.60. The summed E-state index contributed by atoms with van der Waals surface area (Å²) in [6.45, 7) is 15.1. The van der Waals surface area contributed by atoms with Crippen molar-refractivity contribution >= 4 is 35.1 Å². The van der Waals surface area contributed by atoms with Gasteiger partial charge in [-0.1, -0.05) is 55.4 Å². The molecule has 0 aromatic carbocycles. The second kappa shape index (κ2) is 23.8. The number of nitrogens with two attached hydrogens (primary N) is 1. The van der Waals surface area contributed by atoms with Crippen molar-refractivity contribution in [3.63, 3.8) is 0 Å². The molecule has 0 saturated heterocycles. The van der Waals surface area contributed by atoms with E-state index < -0.39 is 18.0 Å². The topological polar surface area (TPSA) is 135 Å².